The third kappa shape index (κ3) is 1.51. The lowest BCUT2D eigenvalue weighted by Crippen LogP contribution is -2.83. The predicted molar refractivity (Wildman–Crippen MR) is 105 cm³/mol. The van der Waals surface area contributed by atoms with Crippen molar-refractivity contribution in [1.29, 1.82) is 0 Å². The molecule has 27 heavy (non-hydrogen) atoms. The summed E-state index contributed by atoms with van der Waals surface area (Å²) in [5.41, 5.74) is 2.56. The van der Waals surface area contributed by atoms with E-state index in [-0.39, 0.29) is 17.7 Å². The van der Waals surface area contributed by atoms with Crippen LogP contribution in [-0.4, -0.2) is 58.7 Å². The summed E-state index contributed by atoms with van der Waals surface area (Å²) in [6.45, 7) is 5.56. The summed E-state index contributed by atoms with van der Waals surface area (Å²) in [5, 5.41) is 23.6. The third-order valence-corrected chi connectivity index (χ3v) is 9.73. The molecule has 0 radical (unpaired) electrons. The van der Waals surface area contributed by atoms with Gasteiger partial charge in [0, 0.05) is 37.4 Å². The molecule has 5 bridgehead atoms. The average molecular weight is 370 g/mol. The van der Waals surface area contributed by atoms with Crippen molar-refractivity contribution in [2.24, 2.45) is 17.8 Å². The minimum absolute atomic E-state index is 0.127. The number of likely N-dealkylation sites (N-methyl/N-ethyl adjacent to an activating group) is 1. The lowest BCUT2D eigenvalue weighted by molar-refractivity contribution is -1.04. The molecule has 2 N–H and O–H groups in total. The van der Waals surface area contributed by atoms with Crippen LogP contribution in [0.1, 0.15) is 45.1 Å². The number of benzene rings is 1. The number of anilines is 1. The van der Waals surface area contributed by atoms with E-state index in [0.717, 1.165) is 30.3 Å². The molecule has 4 nitrogen and oxygen atoms in total. The molecule has 4 heteroatoms. The van der Waals surface area contributed by atoms with Gasteiger partial charge >= 0.3 is 0 Å². The minimum atomic E-state index is -0.271. The third-order valence-electron chi connectivity index (χ3n) is 9.73. The Hall–Kier alpha value is -1.10. The molecule has 1 saturated carbocycles. The number of aliphatic hydroxyl groups excluding tert-OH is 2. The highest BCUT2D eigenvalue weighted by Crippen LogP contribution is 2.71. The van der Waals surface area contributed by atoms with Crippen molar-refractivity contribution in [2.75, 3.05) is 18.5 Å². The zero-order valence-corrected chi connectivity index (χ0v) is 16.8. The molecule has 4 saturated heterocycles. The van der Waals surface area contributed by atoms with Gasteiger partial charge in [-0.05, 0) is 30.4 Å². The van der Waals surface area contributed by atoms with Crippen LogP contribution in [0.2, 0.25) is 0 Å². The maximum absolute atomic E-state index is 11.9. The maximum atomic E-state index is 11.9. The summed E-state index contributed by atoms with van der Waals surface area (Å²) in [4.78, 5) is 2.48. The van der Waals surface area contributed by atoms with E-state index in [1.165, 1.54) is 17.7 Å². The van der Waals surface area contributed by atoms with Gasteiger partial charge in [-0.2, -0.15) is 0 Å². The number of hydrogen-bond acceptors (Lipinski definition) is 3. The number of hydrogen-bond donors (Lipinski definition) is 2. The normalized spacial score (nSPS) is 53.7. The Balaban J connectivity index is 1.62. The Labute approximate surface area is 162 Å². The molecule has 1 unspecified atom stereocenters. The molecular weight excluding hydrogens is 336 g/mol. The Morgan fingerprint density at radius 3 is 2.70 bits per heavy atom. The van der Waals surface area contributed by atoms with E-state index < -0.39 is 0 Å². The predicted octanol–water partition coefficient (Wildman–Crippen LogP) is 2.48. The molecule has 5 aliphatic heterocycles. The molecular formula is C23H33N2O2+. The summed E-state index contributed by atoms with van der Waals surface area (Å²) in [7, 11) is 2.23. The van der Waals surface area contributed by atoms with Gasteiger partial charge in [-0.15, -0.1) is 0 Å². The van der Waals surface area contributed by atoms with Crippen molar-refractivity contribution in [3.05, 3.63) is 29.8 Å². The lowest BCUT2D eigenvalue weighted by atomic mass is 9.60. The van der Waals surface area contributed by atoms with Gasteiger partial charge in [0.25, 0.3) is 0 Å². The molecule has 146 valence electrons. The van der Waals surface area contributed by atoms with E-state index in [0.29, 0.717) is 35.9 Å². The molecule has 1 aliphatic carbocycles. The molecule has 1 aromatic rings. The maximum Gasteiger partial charge on any atom is 0.194 e. The van der Waals surface area contributed by atoms with Crippen LogP contribution in [0.25, 0.3) is 0 Å². The van der Waals surface area contributed by atoms with Crippen LogP contribution < -0.4 is 4.90 Å². The second kappa shape index (κ2) is 5.08. The van der Waals surface area contributed by atoms with Crippen LogP contribution in [0.3, 0.4) is 0 Å². The lowest BCUT2D eigenvalue weighted by Gasteiger charge is -2.68. The van der Waals surface area contributed by atoms with Crippen molar-refractivity contribution in [3.8, 4) is 0 Å². The van der Waals surface area contributed by atoms with E-state index in [1.807, 2.05) is 0 Å². The van der Waals surface area contributed by atoms with Crippen LogP contribution in [0.5, 0.6) is 0 Å². The fourth-order valence-electron chi connectivity index (χ4n) is 9.23. The largest absolute Gasteiger partial charge is 0.392 e. The van der Waals surface area contributed by atoms with Gasteiger partial charge in [0.05, 0.1) is 30.1 Å². The van der Waals surface area contributed by atoms with Crippen molar-refractivity contribution in [1.82, 2.24) is 0 Å². The van der Waals surface area contributed by atoms with Crippen LogP contribution in [0, 0.1) is 17.8 Å². The fraction of sp³-hybridized carbons (Fsp3) is 0.739. The first kappa shape index (κ1) is 16.8. The highest BCUT2D eigenvalue weighted by molar-refractivity contribution is 5.66. The number of piperidine rings is 4. The summed E-state index contributed by atoms with van der Waals surface area (Å²) < 4.78 is 0.873. The zero-order valence-electron chi connectivity index (χ0n) is 16.8. The molecule has 0 amide bonds. The van der Waals surface area contributed by atoms with Crippen LogP contribution in [-0.2, 0) is 5.41 Å². The van der Waals surface area contributed by atoms with Crippen LogP contribution >= 0.6 is 0 Å². The molecule has 7 rings (SSSR count). The molecule has 6 aliphatic rings. The molecule has 10 atom stereocenters. The monoisotopic (exact) mass is 369 g/mol. The van der Waals surface area contributed by atoms with Crippen molar-refractivity contribution in [2.45, 2.75) is 75.4 Å². The summed E-state index contributed by atoms with van der Waals surface area (Å²) in [6, 6.07) is 9.97. The van der Waals surface area contributed by atoms with E-state index in [9.17, 15) is 10.2 Å². The second-order valence-electron chi connectivity index (χ2n) is 10.1. The van der Waals surface area contributed by atoms with Gasteiger partial charge in [-0.1, -0.05) is 32.0 Å². The summed E-state index contributed by atoms with van der Waals surface area (Å²) in [5.74, 6) is 1.18. The van der Waals surface area contributed by atoms with Gasteiger partial charge in [-0.25, -0.2) is 0 Å². The Bertz CT molecular complexity index is 798. The number of nitrogens with zero attached hydrogens (tertiary/aromatic N) is 2. The van der Waals surface area contributed by atoms with Gasteiger partial charge < -0.3 is 15.1 Å². The first-order valence-corrected chi connectivity index (χ1v) is 11.1. The minimum Gasteiger partial charge on any atom is -0.392 e. The summed E-state index contributed by atoms with van der Waals surface area (Å²) in [6.07, 6.45) is 3.84. The Morgan fingerprint density at radius 1 is 1.19 bits per heavy atom. The van der Waals surface area contributed by atoms with Crippen LogP contribution in [0.4, 0.5) is 5.69 Å². The molecule has 5 heterocycles. The smallest absolute Gasteiger partial charge is 0.194 e. The highest BCUT2D eigenvalue weighted by Gasteiger charge is 2.82. The highest BCUT2D eigenvalue weighted by atomic mass is 16.3. The van der Waals surface area contributed by atoms with Crippen LogP contribution in [0.15, 0.2) is 24.3 Å². The number of para-hydroxylation sites is 1. The van der Waals surface area contributed by atoms with Gasteiger partial charge in [0.1, 0.15) is 6.04 Å². The van der Waals surface area contributed by atoms with Crippen molar-refractivity contribution < 1.29 is 14.7 Å². The van der Waals surface area contributed by atoms with Crippen molar-refractivity contribution in [3.63, 3.8) is 0 Å². The van der Waals surface area contributed by atoms with Gasteiger partial charge in [-0.3, -0.25) is 4.48 Å². The topological polar surface area (TPSA) is 43.7 Å². The number of quaternary nitrogens is 1. The quantitative estimate of drug-likeness (QED) is 0.805. The van der Waals surface area contributed by atoms with E-state index >= 15 is 0 Å². The zero-order chi connectivity index (χ0) is 18.7. The Morgan fingerprint density at radius 2 is 1.96 bits per heavy atom. The first-order chi connectivity index (χ1) is 13.0. The number of aliphatic hydroxyl groups is 2. The average Bonchev–Trinajstić information content (AvgIpc) is 3.06. The van der Waals surface area contributed by atoms with Crippen molar-refractivity contribution >= 4 is 5.69 Å². The fourth-order valence-corrected chi connectivity index (χ4v) is 9.23. The first-order valence-electron chi connectivity index (χ1n) is 11.1. The van der Waals surface area contributed by atoms with Gasteiger partial charge in [0.15, 0.2) is 6.23 Å². The molecule has 0 aromatic heterocycles. The molecule has 1 aromatic carbocycles. The standard InChI is InChI=1S/C23H33N2O2/c1-4-10-25-17-11-14(13(5-2)22(25)27)19-18(25)12-23(21(19)26)15-8-6-7-9-16(15)24(3)20(17)23/h6-9,13-14,17-22,26-27H,4-5,10-12H2,1-3H3/q+1/t13-,14-,17-,18-,19-,20-,21?,22+,23+,25-/m0/s1. The van der Waals surface area contributed by atoms with E-state index in [2.05, 4.69) is 50.1 Å². The number of rotatable bonds is 3. The summed E-state index contributed by atoms with van der Waals surface area (Å²) >= 11 is 0. The SMILES string of the molecule is CCC[N@+]12[C@H](O)[C@@H](CC)[C@@H]3C[C@H]1[C@@H]1N(C)c4ccccc4[C@]14C[C@H]2[C@H]3C4O. The molecule has 5 fully saturated rings. The van der Waals surface area contributed by atoms with E-state index in [1.54, 1.807) is 0 Å². The second-order valence-corrected chi connectivity index (χ2v) is 10.1. The Kier molecular flexibility index (Phi) is 3.17. The van der Waals surface area contributed by atoms with Gasteiger partial charge in [0.2, 0.25) is 0 Å². The molecule has 1 spiro atoms. The van der Waals surface area contributed by atoms with E-state index in [4.69, 9.17) is 0 Å². The number of fused-ring (bicyclic) bond motifs is 2.